The maximum Gasteiger partial charge on any atom is 0.162 e. The Balaban J connectivity index is 2.12. The SMILES string of the molecule is CCC1=C(c2ccccc2)N2CCCC2CC1=O. The molecule has 2 heteroatoms. The fourth-order valence-corrected chi connectivity index (χ4v) is 3.29. The van der Waals surface area contributed by atoms with Crippen LogP contribution in [0.4, 0.5) is 0 Å². The van der Waals surface area contributed by atoms with E-state index < -0.39 is 0 Å². The van der Waals surface area contributed by atoms with Gasteiger partial charge in [0, 0.05) is 24.6 Å². The summed E-state index contributed by atoms with van der Waals surface area (Å²) < 4.78 is 0. The lowest BCUT2D eigenvalue weighted by Crippen LogP contribution is -2.36. The van der Waals surface area contributed by atoms with E-state index in [2.05, 4.69) is 36.1 Å². The quantitative estimate of drug-likeness (QED) is 0.792. The van der Waals surface area contributed by atoms with Gasteiger partial charge in [0.05, 0.1) is 5.70 Å². The standard InChI is InChI=1S/C16H19NO/c1-2-14-15(18)11-13-9-6-10-17(13)16(14)12-7-4-3-5-8-12/h3-5,7-8,13H,2,6,9-11H2,1H3. The molecule has 2 heterocycles. The van der Waals surface area contributed by atoms with E-state index in [0.29, 0.717) is 11.8 Å². The van der Waals surface area contributed by atoms with Gasteiger partial charge in [-0.2, -0.15) is 0 Å². The van der Waals surface area contributed by atoms with E-state index in [1.807, 2.05) is 6.07 Å². The summed E-state index contributed by atoms with van der Waals surface area (Å²) in [5.41, 5.74) is 3.44. The van der Waals surface area contributed by atoms with Crippen molar-refractivity contribution in [1.82, 2.24) is 4.90 Å². The molecule has 1 unspecified atom stereocenters. The van der Waals surface area contributed by atoms with Crippen molar-refractivity contribution < 1.29 is 4.79 Å². The van der Waals surface area contributed by atoms with Gasteiger partial charge in [-0.15, -0.1) is 0 Å². The van der Waals surface area contributed by atoms with Gasteiger partial charge in [0.1, 0.15) is 0 Å². The minimum Gasteiger partial charge on any atom is -0.367 e. The number of carbonyl (C=O) groups excluding carboxylic acids is 1. The number of Topliss-reactive ketones (excluding diaryl/α,β-unsaturated/α-hetero) is 1. The van der Waals surface area contributed by atoms with Gasteiger partial charge < -0.3 is 4.90 Å². The Labute approximate surface area is 108 Å². The summed E-state index contributed by atoms with van der Waals surface area (Å²) in [4.78, 5) is 14.7. The highest BCUT2D eigenvalue weighted by Crippen LogP contribution is 2.38. The van der Waals surface area contributed by atoms with Crippen LogP contribution in [0.3, 0.4) is 0 Å². The van der Waals surface area contributed by atoms with Crippen molar-refractivity contribution >= 4 is 11.5 Å². The molecule has 0 saturated carbocycles. The highest BCUT2D eigenvalue weighted by atomic mass is 16.1. The number of ketones is 1. The number of rotatable bonds is 2. The lowest BCUT2D eigenvalue weighted by Gasteiger charge is -2.35. The van der Waals surface area contributed by atoms with Crippen molar-refractivity contribution in [3.8, 4) is 0 Å². The Bertz CT molecular complexity index is 489. The van der Waals surface area contributed by atoms with Crippen LogP contribution < -0.4 is 0 Å². The Hall–Kier alpha value is -1.57. The minimum absolute atomic E-state index is 0.361. The predicted octanol–water partition coefficient (Wildman–Crippen LogP) is 3.24. The van der Waals surface area contributed by atoms with Crippen molar-refractivity contribution in [2.45, 2.75) is 38.6 Å². The van der Waals surface area contributed by atoms with E-state index in [1.54, 1.807) is 0 Å². The second-order valence-corrected chi connectivity index (χ2v) is 5.16. The zero-order chi connectivity index (χ0) is 12.5. The number of benzene rings is 1. The van der Waals surface area contributed by atoms with Gasteiger partial charge in [0.15, 0.2) is 5.78 Å². The number of hydrogen-bond acceptors (Lipinski definition) is 2. The molecule has 0 N–H and O–H groups in total. The van der Waals surface area contributed by atoms with Crippen molar-refractivity contribution in [3.05, 3.63) is 41.5 Å². The van der Waals surface area contributed by atoms with E-state index in [1.165, 1.54) is 24.1 Å². The second kappa shape index (κ2) is 4.60. The molecule has 2 aliphatic rings. The van der Waals surface area contributed by atoms with Gasteiger partial charge in [0.2, 0.25) is 0 Å². The van der Waals surface area contributed by atoms with Crippen LogP contribution in [-0.4, -0.2) is 23.3 Å². The first-order chi connectivity index (χ1) is 8.81. The maximum absolute atomic E-state index is 12.3. The fourth-order valence-electron chi connectivity index (χ4n) is 3.29. The van der Waals surface area contributed by atoms with Gasteiger partial charge in [-0.05, 0) is 24.8 Å². The molecule has 1 aromatic carbocycles. The third-order valence-electron chi connectivity index (χ3n) is 4.11. The largest absolute Gasteiger partial charge is 0.367 e. The molecule has 0 spiro atoms. The molecule has 94 valence electrons. The Morgan fingerprint density at radius 2 is 2.06 bits per heavy atom. The van der Waals surface area contributed by atoms with Crippen molar-refractivity contribution in [2.75, 3.05) is 6.54 Å². The normalized spacial score (nSPS) is 23.5. The van der Waals surface area contributed by atoms with E-state index in [-0.39, 0.29) is 0 Å². The van der Waals surface area contributed by atoms with Crippen LogP contribution in [-0.2, 0) is 4.79 Å². The van der Waals surface area contributed by atoms with Crippen LogP contribution in [0.5, 0.6) is 0 Å². The van der Waals surface area contributed by atoms with Crippen molar-refractivity contribution in [1.29, 1.82) is 0 Å². The molecule has 1 fully saturated rings. The van der Waals surface area contributed by atoms with Gasteiger partial charge >= 0.3 is 0 Å². The number of fused-ring (bicyclic) bond motifs is 1. The van der Waals surface area contributed by atoms with Crippen LogP contribution in [0.2, 0.25) is 0 Å². The Morgan fingerprint density at radius 3 is 2.78 bits per heavy atom. The molecule has 1 saturated heterocycles. The highest BCUT2D eigenvalue weighted by Gasteiger charge is 2.35. The Morgan fingerprint density at radius 1 is 1.28 bits per heavy atom. The molecule has 1 aromatic rings. The molecular formula is C16H19NO. The second-order valence-electron chi connectivity index (χ2n) is 5.16. The van der Waals surface area contributed by atoms with Crippen LogP contribution in [0.15, 0.2) is 35.9 Å². The van der Waals surface area contributed by atoms with Crippen LogP contribution in [0.25, 0.3) is 5.70 Å². The Kier molecular flexibility index (Phi) is 2.94. The lowest BCUT2D eigenvalue weighted by atomic mass is 9.90. The summed E-state index contributed by atoms with van der Waals surface area (Å²) in [6, 6.07) is 10.8. The van der Waals surface area contributed by atoms with Crippen molar-refractivity contribution in [3.63, 3.8) is 0 Å². The predicted molar refractivity (Wildman–Crippen MR) is 73.0 cm³/mol. The smallest absolute Gasteiger partial charge is 0.162 e. The third-order valence-corrected chi connectivity index (χ3v) is 4.11. The number of nitrogens with zero attached hydrogens (tertiary/aromatic N) is 1. The topological polar surface area (TPSA) is 20.3 Å². The zero-order valence-corrected chi connectivity index (χ0v) is 10.9. The molecule has 3 rings (SSSR count). The summed E-state index contributed by atoms with van der Waals surface area (Å²) in [6.45, 7) is 3.19. The average Bonchev–Trinajstić information content (AvgIpc) is 2.85. The summed E-state index contributed by atoms with van der Waals surface area (Å²) in [7, 11) is 0. The fraction of sp³-hybridized carbons (Fsp3) is 0.438. The highest BCUT2D eigenvalue weighted by molar-refractivity contribution is 6.04. The summed E-state index contributed by atoms with van der Waals surface area (Å²) in [5, 5.41) is 0. The molecule has 18 heavy (non-hydrogen) atoms. The summed E-state index contributed by atoms with van der Waals surface area (Å²) >= 11 is 0. The first-order valence-corrected chi connectivity index (χ1v) is 6.89. The maximum atomic E-state index is 12.3. The van der Waals surface area contributed by atoms with Gasteiger partial charge in [-0.1, -0.05) is 37.3 Å². The first kappa shape index (κ1) is 11.5. The zero-order valence-electron chi connectivity index (χ0n) is 10.9. The van der Waals surface area contributed by atoms with E-state index in [4.69, 9.17) is 0 Å². The van der Waals surface area contributed by atoms with Crippen LogP contribution >= 0.6 is 0 Å². The molecule has 0 amide bonds. The number of allylic oxidation sites excluding steroid dienone is 1. The third kappa shape index (κ3) is 1.76. The molecular weight excluding hydrogens is 222 g/mol. The van der Waals surface area contributed by atoms with E-state index >= 15 is 0 Å². The molecule has 2 nitrogen and oxygen atoms in total. The molecule has 2 aliphatic heterocycles. The number of carbonyl (C=O) groups is 1. The summed E-state index contributed by atoms with van der Waals surface area (Å²) in [5.74, 6) is 0.361. The molecule has 0 radical (unpaired) electrons. The van der Waals surface area contributed by atoms with Crippen LogP contribution in [0, 0.1) is 0 Å². The van der Waals surface area contributed by atoms with Gasteiger partial charge in [-0.25, -0.2) is 0 Å². The minimum atomic E-state index is 0.361. The first-order valence-electron chi connectivity index (χ1n) is 6.89. The van der Waals surface area contributed by atoms with E-state index in [9.17, 15) is 4.79 Å². The lowest BCUT2D eigenvalue weighted by molar-refractivity contribution is -0.117. The molecule has 1 atom stereocenters. The summed E-state index contributed by atoms with van der Waals surface area (Å²) in [6.07, 6.45) is 3.94. The molecule has 0 bridgehead atoms. The van der Waals surface area contributed by atoms with Gasteiger partial charge in [0.25, 0.3) is 0 Å². The monoisotopic (exact) mass is 241 g/mol. The average molecular weight is 241 g/mol. The molecule has 0 aliphatic carbocycles. The van der Waals surface area contributed by atoms with E-state index in [0.717, 1.165) is 25.0 Å². The van der Waals surface area contributed by atoms with Gasteiger partial charge in [-0.3, -0.25) is 4.79 Å². The van der Waals surface area contributed by atoms with Crippen LogP contribution in [0.1, 0.15) is 38.2 Å². The molecule has 0 aromatic heterocycles. The number of hydrogen-bond donors (Lipinski definition) is 0. The van der Waals surface area contributed by atoms with Crippen molar-refractivity contribution in [2.24, 2.45) is 0 Å².